The Hall–Kier alpha value is -1.71. The van der Waals surface area contributed by atoms with Crippen molar-refractivity contribution in [3.05, 3.63) is 40.4 Å². The summed E-state index contributed by atoms with van der Waals surface area (Å²) in [7, 11) is 1.79. The minimum Gasteiger partial charge on any atom is -0.298 e. The third kappa shape index (κ3) is 10.4. The summed E-state index contributed by atoms with van der Waals surface area (Å²) >= 11 is 0. The molecule has 0 radical (unpaired) electrons. The number of hydrogen-bond acceptors (Lipinski definition) is 3. The standard InChI is InChI=1S/C6H5NO2.C4H9N.C2H6/c8-7(9)6-4-2-1-3-5-6;1-4(2)5-3;1-2/h1-5H;1-3H3;1-2H3. The van der Waals surface area contributed by atoms with Crippen molar-refractivity contribution in [2.24, 2.45) is 4.99 Å². The fourth-order valence-electron chi connectivity index (χ4n) is 0.550. The molecule has 0 aromatic heterocycles. The van der Waals surface area contributed by atoms with E-state index in [1.165, 1.54) is 12.1 Å². The highest BCUT2D eigenvalue weighted by molar-refractivity contribution is 5.78. The lowest BCUT2D eigenvalue weighted by Crippen LogP contribution is -1.84. The molecule has 0 aliphatic heterocycles. The molecule has 0 aliphatic rings. The highest BCUT2D eigenvalue weighted by Crippen LogP contribution is 2.06. The molecule has 0 saturated heterocycles. The van der Waals surface area contributed by atoms with Crippen LogP contribution in [0.25, 0.3) is 0 Å². The summed E-state index contributed by atoms with van der Waals surface area (Å²) < 4.78 is 0. The Bertz CT molecular complexity index is 304. The van der Waals surface area contributed by atoms with E-state index in [1.807, 2.05) is 27.7 Å². The van der Waals surface area contributed by atoms with Crippen molar-refractivity contribution in [1.29, 1.82) is 0 Å². The van der Waals surface area contributed by atoms with Gasteiger partial charge in [0.05, 0.1) is 4.92 Å². The Morgan fingerprint density at radius 1 is 1.19 bits per heavy atom. The Kier molecular flexibility index (Phi) is 11.9. The monoisotopic (exact) mass is 224 g/mol. The number of benzene rings is 1. The normalized spacial score (nSPS) is 7.56. The fourth-order valence-corrected chi connectivity index (χ4v) is 0.550. The molecule has 0 aliphatic carbocycles. The molecule has 0 N–H and O–H groups in total. The maximum Gasteiger partial charge on any atom is 0.269 e. The van der Waals surface area contributed by atoms with Crippen LogP contribution in [0.2, 0.25) is 0 Å². The van der Waals surface area contributed by atoms with E-state index < -0.39 is 4.92 Å². The predicted octanol–water partition coefficient (Wildman–Crippen LogP) is 3.72. The van der Waals surface area contributed by atoms with E-state index in [2.05, 4.69) is 4.99 Å². The number of aliphatic imine (C=N–C) groups is 1. The van der Waals surface area contributed by atoms with Gasteiger partial charge in [-0.2, -0.15) is 0 Å². The average Bonchev–Trinajstić information content (AvgIpc) is 2.33. The topological polar surface area (TPSA) is 55.5 Å². The van der Waals surface area contributed by atoms with Gasteiger partial charge in [-0.3, -0.25) is 15.1 Å². The summed E-state index contributed by atoms with van der Waals surface area (Å²) in [6.45, 7) is 7.94. The number of rotatable bonds is 1. The first kappa shape index (κ1) is 16.7. The SMILES string of the molecule is CC.CN=C(C)C.O=[N+]([O-])c1ccccc1. The number of nitro benzene ring substituents is 1. The van der Waals surface area contributed by atoms with E-state index in [-0.39, 0.29) is 5.69 Å². The first-order chi connectivity index (χ1) is 7.57. The van der Waals surface area contributed by atoms with Crippen LogP contribution in [-0.4, -0.2) is 17.7 Å². The Labute approximate surface area is 97.2 Å². The smallest absolute Gasteiger partial charge is 0.269 e. The highest BCUT2D eigenvalue weighted by atomic mass is 16.6. The molecule has 4 heteroatoms. The zero-order valence-corrected chi connectivity index (χ0v) is 10.6. The molecule has 1 aromatic rings. The molecular formula is C12H20N2O2. The van der Waals surface area contributed by atoms with Crippen LogP contribution >= 0.6 is 0 Å². The summed E-state index contributed by atoms with van der Waals surface area (Å²) in [6.07, 6.45) is 0. The second kappa shape index (κ2) is 11.4. The Morgan fingerprint density at radius 3 is 1.75 bits per heavy atom. The second-order valence-electron chi connectivity index (χ2n) is 2.76. The molecule has 0 saturated carbocycles. The van der Waals surface area contributed by atoms with E-state index in [0.717, 1.165) is 5.71 Å². The van der Waals surface area contributed by atoms with Crippen molar-refractivity contribution < 1.29 is 4.92 Å². The molecular weight excluding hydrogens is 204 g/mol. The van der Waals surface area contributed by atoms with Gasteiger partial charge in [0.25, 0.3) is 5.69 Å². The van der Waals surface area contributed by atoms with Crippen molar-refractivity contribution in [2.45, 2.75) is 27.7 Å². The number of non-ortho nitro benzene ring substituents is 1. The molecule has 0 spiro atoms. The number of nitrogens with zero attached hydrogens (tertiary/aromatic N) is 2. The zero-order valence-electron chi connectivity index (χ0n) is 10.6. The van der Waals surface area contributed by atoms with Gasteiger partial charge in [-0.15, -0.1) is 0 Å². The van der Waals surface area contributed by atoms with E-state index >= 15 is 0 Å². The molecule has 16 heavy (non-hydrogen) atoms. The summed E-state index contributed by atoms with van der Waals surface area (Å²) in [5.74, 6) is 0. The lowest BCUT2D eigenvalue weighted by atomic mass is 10.3. The van der Waals surface area contributed by atoms with Gasteiger partial charge in [0.15, 0.2) is 0 Å². The van der Waals surface area contributed by atoms with Crippen molar-refractivity contribution in [1.82, 2.24) is 0 Å². The molecule has 0 bridgehead atoms. The van der Waals surface area contributed by atoms with Gasteiger partial charge < -0.3 is 0 Å². The van der Waals surface area contributed by atoms with Gasteiger partial charge in [0.2, 0.25) is 0 Å². The summed E-state index contributed by atoms with van der Waals surface area (Å²) in [6, 6.07) is 7.93. The van der Waals surface area contributed by atoms with Gasteiger partial charge in [-0.1, -0.05) is 32.0 Å². The van der Waals surface area contributed by atoms with Crippen LogP contribution in [-0.2, 0) is 0 Å². The van der Waals surface area contributed by atoms with E-state index in [9.17, 15) is 10.1 Å². The number of nitro groups is 1. The van der Waals surface area contributed by atoms with E-state index in [0.29, 0.717) is 0 Å². The lowest BCUT2D eigenvalue weighted by molar-refractivity contribution is -0.384. The van der Waals surface area contributed by atoms with Crippen molar-refractivity contribution in [3.8, 4) is 0 Å². The van der Waals surface area contributed by atoms with Crippen LogP contribution in [0, 0.1) is 10.1 Å². The highest BCUT2D eigenvalue weighted by Gasteiger charge is 1.98. The van der Waals surface area contributed by atoms with Gasteiger partial charge in [0.1, 0.15) is 0 Å². The lowest BCUT2D eigenvalue weighted by Gasteiger charge is -1.85. The largest absolute Gasteiger partial charge is 0.298 e. The molecule has 1 aromatic carbocycles. The molecule has 0 amide bonds. The van der Waals surface area contributed by atoms with E-state index in [1.54, 1.807) is 25.2 Å². The predicted molar refractivity (Wildman–Crippen MR) is 69.2 cm³/mol. The summed E-state index contributed by atoms with van der Waals surface area (Å²) in [4.78, 5) is 13.4. The zero-order chi connectivity index (χ0) is 13.0. The maximum absolute atomic E-state index is 10.0. The quantitative estimate of drug-likeness (QED) is 0.414. The summed E-state index contributed by atoms with van der Waals surface area (Å²) in [5, 5.41) is 10.0. The third-order valence-electron chi connectivity index (χ3n) is 1.41. The minimum atomic E-state index is -0.417. The molecule has 0 atom stereocenters. The average molecular weight is 224 g/mol. The summed E-state index contributed by atoms with van der Waals surface area (Å²) in [5.41, 5.74) is 1.27. The van der Waals surface area contributed by atoms with Crippen LogP contribution in [0.5, 0.6) is 0 Å². The third-order valence-corrected chi connectivity index (χ3v) is 1.41. The van der Waals surface area contributed by atoms with Gasteiger partial charge >= 0.3 is 0 Å². The van der Waals surface area contributed by atoms with Crippen LogP contribution in [0.4, 0.5) is 5.69 Å². The first-order valence-electron chi connectivity index (χ1n) is 5.17. The van der Waals surface area contributed by atoms with Crippen LogP contribution in [0.3, 0.4) is 0 Å². The number of hydrogen-bond donors (Lipinski definition) is 0. The molecule has 0 fully saturated rings. The molecule has 1 rings (SSSR count). The number of para-hydroxylation sites is 1. The van der Waals surface area contributed by atoms with Gasteiger partial charge in [0, 0.05) is 24.9 Å². The van der Waals surface area contributed by atoms with Crippen LogP contribution < -0.4 is 0 Å². The molecule has 0 unspecified atom stereocenters. The molecule has 0 heterocycles. The van der Waals surface area contributed by atoms with Gasteiger partial charge in [-0.05, 0) is 13.8 Å². The first-order valence-corrected chi connectivity index (χ1v) is 5.17. The minimum absolute atomic E-state index is 0.137. The van der Waals surface area contributed by atoms with Crippen molar-refractivity contribution in [2.75, 3.05) is 7.05 Å². The molecule has 90 valence electrons. The van der Waals surface area contributed by atoms with Crippen molar-refractivity contribution >= 4 is 11.4 Å². The molecule has 4 nitrogen and oxygen atoms in total. The van der Waals surface area contributed by atoms with Crippen LogP contribution in [0.15, 0.2) is 35.3 Å². The fraction of sp³-hybridized carbons (Fsp3) is 0.417. The van der Waals surface area contributed by atoms with Crippen molar-refractivity contribution in [3.63, 3.8) is 0 Å². The second-order valence-corrected chi connectivity index (χ2v) is 2.76. The maximum atomic E-state index is 10.0. The van der Waals surface area contributed by atoms with Gasteiger partial charge in [-0.25, -0.2) is 0 Å². The Morgan fingerprint density at radius 2 is 1.56 bits per heavy atom. The Balaban J connectivity index is 0. The van der Waals surface area contributed by atoms with Crippen LogP contribution in [0.1, 0.15) is 27.7 Å². The van der Waals surface area contributed by atoms with E-state index in [4.69, 9.17) is 0 Å².